The van der Waals surface area contributed by atoms with Crippen molar-refractivity contribution in [1.29, 1.82) is 0 Å². The highest BCUT2D eigenvalue weighted by atomic mass is 16.2. The van der Waals surface area contributed by atoms with Gasteiger partial charge in [0.05, 0.1) is 0 Å². The SMILES string of the molecule is CC(N)c1cccc(NC(=O)NCC2CCCC2C)c1. The van der Waals surface area contributed by atoms with Crippen molar-refractivity contribution in [3.8, 4) is 0 Å². The van der Waals surface area contributed by atoms with E-state index in [1.54, 1.807) is 0 Å². The normalized spacial score (nSPS) is 23.4. The van der Waals surface area contributed by atoms with Crippen molar-refractivity contribution in [3.05, 3.63) is 29.8 Å². The topological polar surface area (TPSA) is 67.1 Å². The molecular weight excluding hydrogens is 250 g/mol. The number of anilines is 1. The van der Waals surface area contributed by atoms with Crippen molar-refractivity contribution in [1.82, 2.24) is 5.32 Å². The summed E-state index contributed by atoms with van der Waals surface area (Å²) in [6.07, 6.45) is 3.79. The summed E-state index contributed by atoms with van der Waals surface area (Å²) in [5.41, 5.74) is 7.65. The van der Waals surface area contributed by atoms with Gasteiger partial charge in [-0.2, -0.15) is 0 Å². The Kier molecular flexibility index (Phi) is 5.01. The van der Waals surface area contributed by atoms with Crippen molar-refractivity contribution in [2.45, 2.75) is 39.2 Å². The minimum absolute atomic E-state index is 0.0286. The van der Waals surface area contributed by atoms with E-state index in [1.165, 1.54) is 19.3 Å². The fourth-order valence-corrected chi connectivity index (χ4v) is 2.82. The molecule has 0 aromatic heterocycles. The quantitative estimate of drug-likeness (QED) is 0.789. The second kappa shape index (κ2) is 6.75. The maximum absolute atomic E-state index is 11.9. The number of amides is 2. The maximum Gasteiger partial charge on any atom is 0.319 e. The van der Waals surface area contributed by atoms with Crippen LogP contribution in [0.2, 0.25) is 0 Å². The Labute approximate surface area is 121 Å². The second-order valence-electron chi connectivity index (χ2n) is 5.92. The molecule has 3 atom stereocenters. The molecule has 0 radical (unpaired) electrons. The fourth-order valence-electron chi connectivity index (χ4n) is 2.82. The number of nitrogens with two attached hydrogens (primary N) is 1. The van der Waals surface area contributed by atoms with Gasteiger partial charge in [0.1, 0.15) is 0 Å². The lowest BCUT2D eigenvalue weighted by Gasteiger charge is -2.16. The fraction of sp³-hybridized carbons (Fsp3) is 0.562. The molecule has 2 rings (SSSR count). The number of hydrogen-bond acceptors (Lipinski definition) is 2. The molecule has 3 unspecified atom stereocenters. The molecule has 1 saturated carbocycles. The van der Waals surface area contributed by atoms with E-state index in [-0.39, 0.29) is 12.1 Å². The zero-order chi connectivity index (χ0) is 14.5. The Morgan fingerprint density at radius 1 is 1.45 bits per heavy atom. The summed E-state index contributed by atoms with van der Waals surface area (Å²) in [5.74, 6) is 1.34. The first kappa shape index (κ1) is 14.9. The molecule has 1 fully saturated rings. The van der Waals surface area contributed by atoms with Crippen molar-refractivity contribution in [3.63, 3.8) is 0 Å². The maximum atomic E-state index is 11.9. The van der Waals surface area contributed by atoms with Gasteiger partial charge in [-0.3, -0.25) is 0 Å². The predicted octanol–water partition coefficient (Wildman–Crippen LogP) is 3.26. The first-order valence-corrected chi connectivity index (χ1v) is 7.46. The van der Waals surface area contributed by atoms with Gasteiger partial charge in [-0.05, 0) is 42.9 Å². The molecule has 0 saturated heterocycles. The molecule has 4 nitrogen and oxygen atoms in total. The molecule has 4 N–H and O–H groups in total. The number of urea groups is 1. The van der Waals surface area contributed by atoms with Gasteiger partial charge < -0.3 is 16.4 Å². The Balaban J connectivity index is 1.83. The van der Waals surface area contributed by atoms with Crippen molar-refractivity contribution in [2.75, 3.05) is 11.9 Å². The highest BCUT2D eigenvalue weighted by Crippen LogP contribution is 2.30. The molecule has 0 spiro atoms. The molecule has 0 heterocycles. The van der Waals surface area contributed by atoms with Crippen LogP contribution in [0.5, 0.6) is 0 Å². The van der Waals surface area contributed by atoms with E-state index < -0.39 is 0 Å². The lowest BCUT2D eigenvalue weighted by atomic mass is 9.98. The zero-order valence-electron chi connectivity index (χ0n) is 12.4. The molecule has 1 aromatic carbocycles. The van der Waals surface area contributed by atoms with Gasteiger partial charge in [-0.1, -0.05) is 31.9 Å². The highest BCUT2D eigenvalue weighted by molar-refractivity contribution is 5.89. The second-order valence-corrected chi connectivity index (χ2v) is 5.92. The van der Waals surface area contributed by atoms with Crippen LogP contribution in [0, 0.1) is 11.8 Å². The van der Waals surface area contributed by atoms with Crippen LogP contribution in [0.4, 0.5) is 10.5 Å². The van der Waals surface area contributed by atoms with E-state index in [0.29, 0.717) is 5.92 Å². The van der Waals surface area contributed by atoms with E-state index in [2.05, 4.69) is 17.6 Å². The third kappa shape index (κ3) is 3.97. The monoisotopic (exact) mass is 275 g/mol. The van der Waals surface area contributed by atoms with Gasteiger partial charge >= 0.3 is 6.03 Å². The molecule has 110 valence electrons. The van der Waals surface area contributed by atoms with Gasteiger partial charge in [0.2, 0.25) is 0 Å². The minimum Gasteiger partial charge on any atom is -0.338 e. The Hall–Kier alpha value is -1.55. The van der Waals surface area contributed by atoms with Crippen LogP contribution in [-0.2, 0) is 0 Å². The van der Waals surface area contributed by atoms with E-state index in [4.69, 9.17) is 5.73 Å². The summed E-state index contributed by atoms with van der Waals surface area (Å²) in [6, 6.07) is 7.51. The summed E-state index contributed by atoms with van der Waals surface area (Å²) >= 11 is 0. The van der Waals surface area contributed by atoms with Crippen LogP contribution in [0.25, 0.3) is 0 Å². The molecular formula is C16H25N3O. The molecule has 1 aliphatic carbocycles. The van der Waals surface area contributed by atoms with Crippen LogP contribution in [0.3, 0.4) is 0 Å². The summed E-state index contributed by atoms with van der Waals surface area (Å²) < 4.78 is 0. The van der Waals surface area contributed by atoms with Crippen molar-refractivity contribution < 1.29 is 4.79 Å². The van der Waals surface area contributed by atoms with Crippen molar-refractivity contribution >= 4 is 11.7 Å². The van der Waals surface area contributed by atoms with Gasteiger partial charge in [-0.25, -0.2) is 4.79 Å². The van der Waals surface area contributed by atoms with Crippen LogP contribution in [0.1, 0.15) is 44.7 Å². The molecule has 0 bridgehead atoms. The van der Waals surface area contributed by atoms with Gasteiger partial charge in [0.25, 0.3) is 0 Å². The molecule has 2 amide bonds. The minimum atomic E-state index is -0.133. The van der Waals surface area contributed by atoms with Crippen molar-refractivity contribution in [2.24, 2.45) is 17.6 Å². The summed E-state index contributed by atoms with van der Waals surface area (Å²) in [7, 11) is 0. The van der Waals surface area contributed by atoms with Crippen LogP contribution < -0.4 is 16.4 Å². The van der Waals surface area contributed by atoms with Crippen LogP contribution in [-0.4, -0.2) is 12.6 Å². The van der Waals surface area contributed by atoms with Gasteiger partial charge in [-0.15, -0.1) is 0 Å². The third-order valence-electron chi connectivity index (χ3n) is 4.23. The molecule has 1 aromatic rings. The molecule has 0 aliphatic heterocycles. The Bertz CT molecular complexity index is 459. The summed E-state index contributed by atoms with van der Waals surface area (Å²) in [6.45, 7) is 4.96. The highest BCUT2D eigenvalue weighted by Gasteiger charge is 2.23. The average Bonchev–Trinajstić information content (AvgIpc) is 2.82. The lowest BCUT2D eigenvalue weighted by Crippen LogP contribution is -2.33. The lowest BCUT2D eigenvalue weighted by molar-refractivity contribution is 0.248. The summed E-state index contributed by atoms with van der Waals surface area (Å²) in [4.78, 5) is 11.9. The first-order valence-electron chi connectivity index (χ1n) is 7.46. The van der Waals surface area contributed by atoms with Gasteiger partial charge in [0, 0.05) is 18.3 Å². The molecule has 20 heavy (non-hydrogen) atoms. The number of nitrogens with one attached hydrogen (secondary N) is 2. The average molecular weight is 275 g/mol. The standard InChI is InChI=1S/C16H25N3O/c1-11-5-3-7-14(11)10-18-16(20)19-15-8-4-6-13(9-15)12(2)17/h4,6,8-9,11-12,14H,3,5,7,10,17H2,1-2H3,(H2,18,19,20). The number of benzene rings is 1. The molecule has 4 heteroatoms. The Morgan fingerprint density at radius 2 is 2.25 bits per heavy atom. The van der Waals surface area contributed by atoms with Crippen LogP contribution >= 0.6 is 0 Å². The Morgan fingerprint density at radius 3 is 2.90 bits per heavy atom. The number of carbonyl (C=O) groups is 1. The van der Waals surface area contributed by atoms with Gasteiger partial charge in [0.15, 0.2) is 0 Å². The first-order chi connectivity index (χ1) is 9.56. The third-order valence-corrected chi connectivity index (χ3v) is 4.23. The van der Waals surface area contributed by atoms with Crippen LogP contribution in [0.15, 0.2) is 24.3 Å². The van der Waals surface area contributed by atoms with E-state index in [0.717, 1.165) is 23.7 Å². The zero-order valence-corrected chi connectivity index (χ0v) is 12.4. The van der Waals surface area contributed by atoms with E-state index in [1.807, 2.05) is 31.2 Å². The number of rotatable bonds is 4. The molecule has 1 aliphatic rings. The van der Waals surface area contributed by atoms with E-state index in [9.17, 15) is 4.79 Å². The van der Waals surface area contributed by atoms with E-state index >= 15 is 0 Å². The predicted molar refractivity (Wildman–Crippen MR) is 82.6 cm³/mol. The summed E-state index contributed by atoms with van der Waals surface area (Å²) in [5, 5.41) is 5.84. The smallest absolute Gasteiger partial charge is 0.319 e. The largest absolute Gasteiger partial charge is 0.338 e. The number of hydrogen-bond donors (Lipinski definition) is 3. The number of carbonyl (C=O) groups excluding carboxylic acids is 1.